The van der Waals surface area contributed by atoms with Crippen molar-refractivity contribution in [1.29, 1.82) is 21.2 Å². The number of benzene rings is 1. The number of thioether (sulfide) groups is 1. The van der Waals surface area contributed by atoms with E-state index in [1.54, 1.807) is 30.0 Å². The van der Waals surface area contributed by atoms with E-state index in [1.807, 2.05) is 18.2 Å². The number of hydrogen-bond acceptors (Lipinski definition) is 5. The number of nitriles is 3. The lowest BCUT2D eigenvalue weighted by Crippen LogP contribution is -2.49. The average molecular weight is 387 g/mol. The summed E-state index contributed by atoms with van der Waals surface area (Å²) in [6.45, 7) is 0. The number of fused-ring (bicyclic) bond motifs is 1. The van der Waals surface area contributed by atoms with Crippen LogP contribution in [0.2, 0.25) is 10.0 Å². The van der Waals surface area contributed by atoms with Gasteiger partial charge in [-0.3, -0.25) is 0 Å². The molecule has 3 atom stereocenters. The molecule has 124 valence electrons. The van der Waals surface area contributed by atoms with Gasteiger partial charge in [0.15, 0.2) is 5.41 Å². The Balaban J connectivity index is 2.32. The van der Waals surface area contributed by atoms with Crippen molar-refractivity contribution in [2.45, 2.75) is 5.92 Å². The summed E-state index contributed by atoms with van der Waals surface area (Å²) in [5.74, 6) is -0.285. The fourth-order valence-corrected chi connectivity index (χ4v) is 5.23. The summed E-state index contributed by atoms with van der Waals surface area (Å²) in [6, 6.07) is 11.3. The predicted molar refractivity (Wildman–Crippen MR) is 98.6 cm³/mol. The summed E-state index contributed by atoms with van der Waals surface area (Å²) in [5.41, 5.74) is -0.519. The van der Waals surface area contributed by atoms with Crippen molar-refractivity contribution in [3.63, 3.8) is 0 Å². The number of halogens is 2. The van der Waals surface area contributed by atoms with Crippen molar-refractivity contribution >= 4 is 40.7 Å². The molecule has 0 unspecified atom stereocenters. The zero-order valence-electron chi connectivity index (χ0n) is 13.0. The smallest absolute Gasteiger partial charge is 0.189 e. The van der Waals surface area contributed by atoms with Gasteiger partial charge in [-0.05, 0) is 17.2 Å². The summed E-state index contributed by atoms with van der Waals surface area (Å²) < 4.78 is 0. The van der Waals surface area contributed by atoms with Gasteiger partial charge in [0.05, 0.1) is 34.0 Å². The third-order valence-corrected chi connectivity index (χ3v) is 6.71. The molecular formula is C18H12Cl2N4S. The maximum Gasteiger partial charge on any atom is 0.189 e. The van der Waals surface area contributed by atoms with Crippen molar-refractivity contribution in [3.8, 4) is 18.2 Å². The van der Waals surface area contributed by atoms with Crippen LogP contribution in [0.25, 0.3) is 0 Å². The van der Waals surface area contributed by atoms with Gasteiger partial charge in [-0.2, -0.15) is 27.5 Å². The van der Waals surface area contributed by atoms with Crippen molar-refractivity contribution in [2.75, 3.05) is 11.5 Å². The molecule has 0 radical (unpaired) electrons. The van der Waals surface area contributed by atoms with Crippen molar-refractivity contribution in [1.82, 2.24) is 0 Å². The molecule has 1 saturated carbocycles. The molecule has 0 saturated heterocycles. The number of nitrogens with zero attached hydrogens (tertiary/aromatic N) is 3. The first-order valence-corrected chi connectivity index (χ1v) is 9.45. The van der Waals surface area contributed by atoms with Crippen LogP contribution < -0.4 is 0 Å². The van der Waals surface area contributed by atoms with Crippen LogP contribution in [0.1, 0.15) is 11.5 Å². The molecule has 4 nitrogen and oxygen atoms in total. The normalized spacial score (nSPS) is 27.2. The van der Waals surface area contributed by atoms with Crippen LogP contribution in [0.3, 0.4) is 0 Å². The highest BCUT2D eigenvalue weighted by molar-refractivity contribution is 7.99. The third kappa shape index (κ3) is 2.54. The van der Waals surface area contributed by atoms with E-state index in [0.717, 1.165) is 11.3 Å². The van der Waals surface area contributed by atoms with Crippen LogP contribution in [-0.2, 0) is 0 Å². The van der Waals surface area contributed by atoms with Gasteiger partial charge in [0.2, 0.25) is 0 Å². The zero-order valence-corrected chi connectivity index (χ0v) is 15.3. The minimum absolute atomic E-state index is 0.171. The van der Waals surface area contributed by atoms with Crippen LogP contribution >= 0.6 is 35.0 Å². The van der Waals surface area contributed by atoms with Crippen LogP contribution in [0.15, 0.2) is 29.8 Å². The topological polar surface area (TPSA) is 95.2 Å². The molecule has 1 aliphatic heterocycles. The van der Waals surface area contributed by atoms with Gasteiger partial charge in [-0.1, -0.05) is 41.4 Å². The number of hydrogen-bond donors (Lipinski definition) is 1. The van der Waals surface area contributed by atoms with E-state index < -0.39 is 17.3 Å². The van der Waals surface area contributed by atoms with Gasteiger partial charge in [0, 0.05) is 23.3 Å². The highest BCUT2D eigenvalue weighted by Gasteiger charge is 2.57. The molecule has 0 amide bonds. The van der Waals surface area contributed by atoms with E-state index in [4.69, 9.17) is 28.6 Å². The second kappa shape index (κ2) is 6.74. The maximum atomic E-state index is 9.88. The molecule has 2 aliphatic rings. The first kappa shape index (κ1) is 17.8. The Hall–Kier alpha value is -1.97. The molecule has 7 heteroatoms. The lowest BCUT2D eigenvalue weighted by molar-refractivity contribution is 0.378. The lowest BCUT2D eigenvalue weighted by atomic mass is 9.55. The first-order valence-electron chi connectivity index (χ1n) is 7.54. The second-order valence-electron chi connectivity index (χ2n) is 5.98. The average Bonchev–Trinajstić information content (AvgIpc) is 2.64. The quantitative estimate of drug-likeness (QED) is 0.714. The van der Waals surface area contributed by atoms with Gasteiger partial charge >= 0.3 is 0 Å². The molecular weight excluding hydrogens is 375 g/mol. The summed E-state index contributed by atoms with van der Waals surface area (Å²) in [4.78, 5) is 0. The summed E-state index contributed by atoms with van der Waals surface area (Å²) in [7, 11) is 0. The van der Waals surface area contributed by atoms with Crippen LogP contribution in [0.4, 0.5) is 0 Å². The van der Waals surface area contributed by atoms with E-state index in [9.17, 15) is 15.8 Å². The van der Waals surface area contributed by atoms with Gasteiger partial charge < -0.3 is 5.41 Å². The molecule has 1 N–H and O–H groups in total. The van der Waals surface area contributed by atoms with Crippen molar-refractivity contribution in [3.05, 3.63) is 45.5 Å². The predicted octanol–water partition coefficient (Wildman–Crippen LogP) is 4.57. The minimum Gasteiger partial charge on any atom is -0.305 e. The van der Waals surface area contributed by atoms with Gasteiger partial charge in [-0.15, -0.1) is 0 Å². The number of rotatable bonds is 1. The molecule has 1 aromatic rings. The van der Waals surface area contributed by atoms with Crippen LogP contribution in [-0.4, -0.2) is 17.2 Å². The van der Waals surface area contributed by atoms with Crippen molar-refractivity contribution < 1.29 is 0 Å². The van der Waals surface area contributed by atoms with Gasteiger partial charge in [-0.25, -0.2) is 0 Å². The van der Waals surface area contributed by atoms with E-state index in [2.05, 4.69) is 6.07 Å². The molecule has 25 heavy (non-hydrogen) atoms. The Morgan fingerprint density at radius 2 is 1.92 bits per heavy atom. The molecule has 1 aromatic carbocycles. The minimum atomic E-state index is -1.74. The largest absolute Gasteiger partial charge is 0.305 e. The van der Waals surface area contributed by atoms with E-state index >= 15 is 0 Å². The highest BCUT2D eigenvalue weighted by atomic mass is 35.5. The Kier molecular flexibility index (Phi) is 4.81. The van der Waals surface area contributed by atoms with Gasteiger partial charge in [0.1, 0.15) is 5.92 Å². The molecule has 0 spiro atoms. The van der Waals surface area contributed by atoms with E-state index in [1.165, 1.54) is 0 Å². The van der Waals surface area contributed by atoms with E-state index in [-0.39, 0.29) is 11.6 Å². The first-order chi connectivity index (χ1) is 12.0. The second-order valence-corrected chi connectivity index (χ2v) is 7.84. The standard InChI is InChI=1S/C18H12Cl2N4S/c19-14-3-1-2-11(16(14)20)15-13-7-25-5-4-10(13)12(6-21)17(24)18(15,8-22)9-23/h1-4,12-13,15,24H,5,7H2/t12-,13+,15-/m0/s1. The fourth-order valence-electron chi connectivity index (χ4n) is 3.72. The highest BCUT2D eigenvalue weighted by Crippen LogP contribution is 2.55. The zero-order chi connectivity index (χ0) is 18.2. The number of nitrogens with one attached hydrogen (secondary N) is 1. The van der Waals surface area contributed by atoms with Crippen LogP contribution in [0, 0.1) is 56.7 Å². The van der Waals surface area contributed by atoms with Gasteiger partial charge in [0.25, 0.3) is 0 Å². The van der Waals surface area contributed by atoms with E-state index in [0.29, 0.717) is 21.4 Å². The Morgan fingerprint density at radius 3 is 2.56 bits per heavy atom. The molecule has 3 rings (SSSR count). The molecule has 1 aliphatic carbocycles. The maximum absolute atomic E-state index is 9.88. The fraction of sp³-hybridized carbons (Fsp3) is 0.333. The Bertz CT molecular complexity index is 889. The molecule has 1 heterocycles. The third-order valence-electron chi connectivity index (χ3n) is 4.88. The summed E-state index contributed by atoms with van der Waals surface area (Å²) in [5, 5.41) is 38.5. The number of allylic oxidation sites excluding steroid dienone is 1. The van der Waals surface area contributed by atoms with Crippen molar-refractivity contribution in [2.24, 2.45) is 17.3 Å². The SMILES string of the molecule is N#C[C@@H]1C(=N)C(C#N)(C#N)[C@@H](c2cccc(Cl)c2Cl)[C@@H]2CSCC=C12. The summed E-state index contributed by atoms with van der Waals surface area (Å²) >= 11 is 14.2. The Morgan fingerprint density at radius 1 is 1.20 bits per heavy atom. The van der Waals surface area contributed by atoms with Crippen LogP contribution in [0.5, 0.6) is 0 Å². The Labute approximate surface area is 160 Å². The monoisotopic (exact) mass is 386 g/mol. The molecule has 0 bridgehead atoms. The molecule has 1 fully saturated rings. The lowest BCUT2D eigenvalue weighted by Gasteiger charge is -2.45. The molecule has 0 aromatic heterocycles. The summed E-state index contributed by atoms with van der Waals surface area (Å²) in [6.07, 6.45) is 1.95.